The molecular weight excluding hydrogens is 368 g/mol. The van der Waals surface area contributed by atoms with E-state index in [0.717, 1.165) is 5.56 Å². The summed E-state index contributed by atoms with van der Waals surface area (Å²) in [4.78, 5) is 20.7. The SMILES string of the molecule is CN(C)[C@]1(c2ccccc2)CCN(C(=O)c2ccc(Cn3ccnc3)o2)C[C@H]1O. The molecule has 0 saturated carbocycles. The number of hydrogen-bond acceptors (Lipinski definition) is 5. The number of benzene rings is 1. The van der Waals surface area contributed by atoms with Crippen molar-refractivity contribution in [1.82, 2.24) is 19.4 Å². The lowest BCUT2D eigenvalue weighted by molar-refractivity contribution is -0.0617. The molecule has 0 aliphatic carbocycles. The van der Waals surface area contributed by atoms with Gasteiger partial charge < -0.3 is 19.0 Å². The van der Waals surface area contributed by atoms with Gasteiger partial charge in [0.25, 0.3) is 5.91 Å². The fourth-order valence-electron chi connectivity index (χ4n) is 4.24. The highest BCUT2D eigenvalue weighted by molar-refractivity contribution is 5.91. The van der Waals surface area contributed by atoms with Crippen LogP contribution in [-0.4, -0.2) is 63.7 Å². The molecule has 2 atom stereocenters. The fraction of sp³-hybridized carbons (Fsp3) is 0.364. The van der Waals surface area contributed by atoms with E-state index in [2.05, 4.69) is 9.88 Å². The summed E-state index contributed by atoms with van der Waals surface area (Å²) in [6.07, 6.45) is 5.18. The van der Waals surface area contributed by atoms with Gasteiger partial charge in [0.2, 0.25) is 0 Å². The molecule has 3 aromatic rings. The van der Waals surface area contributed by atoms with E-state index in [4.69, 9.17) is 4.42 Å². The minimum Gasteiger partial charge on any atom is -0.454 e. The number of piperidine rings is 1. The first kappa shape index (κ1) is 19.4. The zero-order chi connectivity index (χ0) is 20.4. The van der Waals surface area contributed by atoms with Crippen LogP contribution in [-0.2, 0) is 12.1 Å². The zero-order valence-electron chi connectivity index (χ0n) is 16.7. The predicted octanol–water partition coefficient (Wildman–Crippen LogP) is 2.19. The van der Waals surface area contributed by atoms with Crippen molar-refractivity contribution in [3.05, 3.63) is 78.3 Å². The number of nitrogens with zero attached hydrogens (tertiary/aromatic N) is 4. The number of likely N-dealkylation sites (tertiary alicyclic amines) is 1. The highest BCUT2D eigenvalue weighted by Gasteiger charge is 2.46. The number of imidazole rings is 1. The first-order chi connectivity index (χ1) is 14.0. The molecule has 7 nitrogen and oxygen atoms in total. The number of rotatable bonds is 5. The second-order valence-electron chi connectivity index (χ2n) is 7.70. The molecule has 1 amide bonds. The molecule has 29 heavy (non-hydrogen) atoms. The Labute approximate surface area is 170 Å². The van der Waals surface area contributed by atoms with Crippen LogP contribution in [0.3, 0.4) is 0 Å². The maximum atomic E-state index is 13.0. The van der Waals surface area contributed by atoms with E-state index in [-0.39, 0.29) is 12.5 Å². The van der Waals surface area contributed by atoms with E-state index < -0.39 is 11.6 Å². The quantitative estimate of drug-likeness (QED) is 0.718. The van der Waals surface area contributed by atoms with E-state index in [1.807, 2.05) is 61.3 Å². The van der Waals surface area contributed by atoms with Gasteiger partial charge in [0, 0.05) is 25.5 Å². The number of hydrogen-bond donors (Lipinski definition) is 1. The first-order valence-corrected chi connectivity index (χ1v) is 9.75. The van der Waals surface area contributed by atoms with Crippen LogP contribution in [0.2, 0.25) is 0 Å². The summed E-state index contributed by atoms with van der Waals surface area (Å²) >= 11 is 0. The standard InChI is InChI=1S/C22H26N4O3/c1-24(2)22(17-6-4-3-5-7-17)10-12-26(15-20(22)27)21(28)19-9-8-18(29-19)14-25-13-11-23-16-25/h3-9,11,13,16,20,27H,10,12,14-15H2,1-2H3/t20-,22+/m1/s1. The summed E-state index contributed by atoms with van der Waals surface area (Å²) in [6, 6.07) is 13.5. The van der Waals surface area contributed by atoms with E-state index in [0.29, 0.717) is 31.0 Å². The van der Waals surface area contributed by atoms with Crippen LogP contribution >= 0.6 is 0 Å². The van der Waals surface area contributed by atoms with Gasteiger partial charge in [0.15, 0.2) is 5.76 Å². The Morgan fingerprint density at radius 3 is 2.72 bits per heavy atom. The van der Waals surface area contributed by atoms with Gasteiger partial charge >= 0.3 is 0 Å². The molecule has 7 heteroatoms. The fourth-order valence-corrected chi connectivity index (χ4v) is 4.24. The van der Waals surface area contributed by atoms with Crippen molar-refractivity contribution < 1.29 is 14.3 Å². The Morgan fingerprint density at radius 1 is 1.28 bits per heavy atom. The average molecular weight is 394 g/mol. The second-order valence-corrected chi connectivity index (χ2v) is 7.70. The highest BCUT2D eigenvalue weighted by atomic mass is 16.4. The Bertz CT molecular complexity index is 952. The molecule has 1 aliphatic rings. The number of furan rings is 1. The summed E-state index contributed by atoms with van der Waals surface area (Å²) in [7, 11) is 3.95. The van der Waals surface area contributed by atoms with Crippen LogP contribution in [0.1, 0.15) is 28.3 Å². The van der Waals surface area contributed by atoms with E-state index in [1.165, 1.54) is 0 Å². The zero-order valence-corrected chi connectivity index (χ0v) is 16.7. The maximum Gasteiger partial charge on any atom is 0.289 e. The Hall–Kier alpha value is -2.90. The van der Waals surface area contributed by atoms with Crippen molar-refractivity contribution in [2.45, 2.75) is 24.6 Å². The van der Waals surface area contributed by atoms with Crippen molar-refractivity contribution in [2.24, 2.45) is 0 Å². The second kappa shape index (κ2) is 7.85. The van der Waals surface area contributed by atoms with Gasteiger partial charge in [0.1, 0.15) is 5.76 Å². The molecule has 1 fully saturated rings. The van der Waals surface area contributed by atoms with Crippen molar-refractivity contribution in [2.75, 3.05) is 27.2 Å². The Kier molecular flexibility index (Phi) is 5.25. The van der Waals surface area contributed by atoms with Crippen molar-refractivity contribution in [3.8, 4) is 0 Å². The Morgan fingerprint density at radius 2 is 2.07 bits per heavy atom. The molecule has 0 bridgehead atoms. The lowest BCUT2D eigenvalue weighted by atomic mass is 9.77. The van der Waals surface area contributed by atoms with Crippen molar-refractivity contribution in [1.29, 1.82) is 0 Å². The predicted molar refractivity (Wildman–Crippen MR) is 108 cm³/mol. The number of carbonyl (C=O) groups excluding carboxylic acids is 1. The van der Waals surface area contributed by atoms with Gasteiger partial charge in [-0.05, 0) is 38.2 Å². The number of amides is 1. The third-order valence-electron chi connectivity index (χ3n) is 5.84. The van der Waals surface area contributed by atoms with Gasteiger partial charge in [-0.2, -0.15) is 0 Å². The van der Waals surface area contributed by atoms with Crippen LogP contribution in [0.4, 0.5) is 0 Å². The van der Waals surface area contributed by atoms with E-state index in [1.54, 1.807) is 23.5 Å². The number of aliphatic hydroxyl groups is 1. The van der Waals surface area contributed by atoms with Crippen LogP contribution in [0, 0.1) is 0 Å². The summed E-state index contributed by atoms with van der Waals surface area (Å²) < 4.78 is 7.64. The lowest BCUT2D eigenvalue weighted by Crippen LogP contribution is -2.60. The first-order valence-electron chi connectivity index (χ1n) is 9.75. The highest BCUT2D eigenvalue weighted by Crippen LogP contribution is 2.38. The topological polar surface area (TPSA) is 74.7 Å². The van der Waals surface area contributed by atoms with Crippen molar-refractivity contribution in [3.63, 3.8) is 0 Å². The number of β-amino-alcohol motifs (C(OH)–C–C–N with tert-alkyl or cyclic N) is 1. The average Bonchev–Trinajstić information content (AvgIpc) is 3.40. The molecule has 1 saturated heterocycles. The number of aromatic nitrogens is 2. The number of likely N-dealkylation sites (N-methyl/N-ethyl adjacent to an activating group) is 1. The normalized spacial score (nSPS) is 22.2. The smallest absolute Gasteiger partial charge is 0.289 e. The Balaban J connectivity index is 1.49. The van der Waals surface area contributed by atoms with Gasteiger partial charge in [-0.3, -0.25) is 9.69 Å². The van der Waals surface area contributed by atoms with E-state index >= 15 is 0 Å². The van der Waals surface area contributed by atoms with Crippen LogP contribution < -0.4 is 0 Å². The maximum absolute atomic E-state index is 13.0. The minimum atomic E-state index is -0.710. The summed E-state index contributed by atoms with van der Waals surface area (Å²) in [5.41, 5.74) is 0.540. The van der Waals surface area contributed by atoms with Gasteiger partial charge in [-0.15, -0.1) is 0 Å². The molecular formula is C22H26N4O3. The summed E-state index contributed by atoms with van der Waals surface area (Å²) in [5.74, 6) is 0.793. The monoisotopic (exact) mass is 394 g/mol. The van der Waals surface area contributed by atoms with Crippen molar-refractivity contribution >= 4 is 5.91 Å². The van der Waals surface area contributed by atoms with Crippen LogP contribution in [0.5, 0.6) is 0 Å². The van der Waals surface area contributed by atoms with Crippen LogP contribution in [0.25, 0.3) is 0 Å². The molecule has 152 valence electrons. The molecule has 0 radical (unpaired) electrons. The lowest BCUT2D eigenvalue weighted by Gasteiger charge is -2.49. The third kappa shape index (κ3) is 3.59. The molecule has 1 aliphatic heterocycles. The summed E-state index contributed by atoms with van der Waals surface area (Å²) in [5, 5.41) is 11.1. The number of carbonyl (C=O) groups is 1. The molecule has 0 unspecified atom stereocenters. The summed E-state index contributed by atoms with van der Waals surface area (Å²) in [6.45, 7) is 1.32. The molecule has 0 spiro atoms. The number of aliphatic hydroxyl groups excluding tert-OH is 1. The largest absolute Gasteiger partial charge is 0.454 e. The molecule has 4 rings (SSSR count). The third-order valence-corrected chi connectivity index (χ3v) is 5.84. The molecule has 3 heterocycles. The molecule has 2 aromatic heterocycles. The minimum absolute atomic E-state index is 0.193. The van der Waals surface area contributed by atoms with Gasteiger partial charge in [-0.25, -0.2) is 4.98 Å². The molecule has 1 N–H and O–H groups in total. The van der Waals surface area contributed by atoms with Gasteiger partial charge in [-0.1, -0.05) is 30.3 Å². The van der Waals surface area contributed by atoms with E-state index in [9.17, 15) is 9.90 Å². The van der Waals surface area contributed by atoms with Gasteiger partial charge in [0.05, 0.1) is 24.5 Å². The van der Waals surface area contributed by atoms with Crippen LogP contribution in [0.15, 0.2) is 65.6 Å². The molecule has 1 aromatic carbocycles.